The Labute approximate surface area is 125 Å². The van der Waals surface area contributed by atoms with E-state index < -0.39 is 0 Å². The van der Waals surface area contributed by atoms with E-state index >= 15 is 0 Å². The Hall–Kier alpha value is -0.0761. The van der Waals surface area contributed by atoms with Gasteiger partial charge in [-0.2, -0.15) is 0 Å². The van der Waals surface area contributed by atoms with Crippen molar-refractivity contribution >= 4 is 5.69 Å². The summed E-state index contributed by atoms with van der Waals surface area (Å²) in [5.41, 5.74) is 0.983. The predicted molar refractivity (Wildman–Crippen MR) is 67.1 cm³/mol. The maximum atomic E-state index is 5.53. The van der Waals surface area contributed by atoms with Gasteiger partial charge in [-0.1, -0.05) is 39.8 Å². The molecule has 1 rings (SSSR count). The third-order valence-electron chi connectivity index (χ3n) is 1.68. The Morgan fingerprint density at radius 3 is 2.00 bits per heavy atom. The van der Waals surface area contributed by atoms with Crippen molar-refractivity contribution in [3.8, 4) is 5.75 Å². The molecule has 0 spiro atoms. The molecule has 3 heteroatoms. The molecule has 0 fully saturated rings. The van der Waals surface area contributed by atoms with Crippen LogP contribution in [0.1, 0.15) is 27.7 Å². The van der Waals surface area contributed by atoms with Gasteiger partial charge in [-0.05, 0) is 18.1 Å². The van der Waals surface area contributed by atoms with Crippen LogP contribution in [0.15, 0.2) is 24.3 Å². The number of benzene rings is 1. The van der Waals surface area contributed by atoms with Gasteiger partial charge in [-0.25, -0.2) is 0 Å². The molecule has 0 aromatic heterocycles. The van der Waals surface area contributed by atoms with Crippen LogP contribution in [0.5, 0.6) is 5.75 Å². The molecule has 1 aromatic carbocycles. The van der Waals surface area contributed by atoms with Crippen LogP contribution in [0.4, 0.5) is 5.69 Å². The van der Waals surface area contributed by atoms with Gasteiger partial charge in [-0.3, -0.25) is 0 Å². The third-order valence-corrected chi connectivity index (χ3v) is 1.68. The molecule has 0 atom stereocenters. The van der Waals surface area contributed by atoms with E-state index in [1.807, 2.05) is 38.1 Å². The molecule has 1 radical (unpaired) electrons. The van der Waals surface area contributed by atoms with Crippen molar-refractivity contribution in [1.29, 1.82) is 0 Å². The summed E-state index contributed by atoms with van der Waals surface area (Å²) in [6, 6.07) is 7.81. The molecule has 0 saturated heterocycles. The van der Waals surface area contributed by atoms with Gasteiger partial charge in [0.1, 0.15) is 5.75 Å². The van der Waals surface area contributed by atoms with Gasteiger partial charge in [0, 0.05) is 32.7 Å². The van der Waals surface area contributed by atoms with E-state index in [0.717, 1.165) is 18.0 Å². The topological polar surface area (TPSA) is 23.3 Å². The van der Waals surface area contributed by atoms with Gasteiger partial charge in [0.05, 0.1) is 6.61 Å². The molecule has 0 amide bonds. The molecule has 0 bridgehead atoms. The van der Waals surface area contributed by atoms with Crippen molar-refractivity contribution in [2.45, 2.75) is 27.7 Å². The number of hydrogen-bond acceptors (Lipinski definition) is 1. The van der Waals surface area contributed by atoms with Crippen molar-refractivity contribution in [2.24, 2.45) is 5.92 Å². The number of nitrogens with zero attached hydrogens (tertiary/aromatic N) is 1. The monoisotopic (exact) mass is 297 g/mol. The second kappa shape index (κ2) is 11.4. The molecule has 0 aliphatic carbocycles. The molecule has 2 nitrogen and oxygen atoms in total. The van der Waals surface area contributed by atoms with Gasteiger partial charge < -0.3 is 10.1 Å². The number of rotatable bonds is 4. The van der Waals surface area contributed by atoms with Crippen LogP contribution in [0, 0.1) is 5.92 Å². The van der Waals surface area contributed by atoms with Crippen LogP contribution in [-0.4, -0.2) is 13.7 Å². The Kier molecular flexibility index (Phi) is 13.0. The summed E-state index contributed by atoms with van der Waals surface area (Å²) in [6.07, 6.45) is 0. The zero-order chi connectivity index (χ0) is 11.7. The minimum absolute atomic E-state index is 0. The van der Waals surface area contributed by atoms with E-state index in [9.17, 15) is 0 Å². The van der Waals surface area contributed by atoms with Crippen LogP contribution in [0.2, 0.25) is 0 Å². The van der Waals surface area contributed by atoms with E-state index in [-0.39, 0.29) is 32.7 Å². The van der Waals surface area contributed by atoms with E-state index in [4.69, 9.17) is 4.74 Å². The summed E-state index contributed by atoms with van der Waals surface area (Å²) in [5, 5.41) is 4.05. The predicted octanol–water partition coefficient (Wildman–Crippen LogP) is 4.38. The van der Waals surface area contributed by atoms with Crippen molar-refractivity contribution in [1.82, 2.24) is 0 Å². The van der Waals surface area contributed by atoms with Crippen LogP contribution in [0.25, 0.3) is 5.32 Å². The molecule has 0 unspecified atom stereocenters. The summed E-state index contributed by atoms with van der Waals surface area (Å²) in [7, 11) is 1.78. The normalized spacial score (nSPS) is 8.62. The molecule has 0 heterocycles. The van der Waals surface area contributed by atoms with Crippen LogP contribution < -0.4 is 4.74 Å². The fraction of sp³-hybridized carbons (Fsp3) is 0.538. The summed E-state index contributed by atoms with van der Waals surface area (Å²) in [4.78, 5) is 0. The summed E-state index contributed by atoms with van der Waals surface area (Å²) >= 11 is 0. The SMILES string of the molecule is CC.C[N-]c1ccc(OCC(C)C)cc1.[Y]. The van der Waals surface area contributed by atoms with Crippen LogP contribution in [-0.2, 0) is 32.7 Å². The Balaban J connectivity index is 0. The standard InChI is InChI=1S/C11H16NO.C2H6.Y/c1-9(2)8-13-11-6-4-10(12-3)5-7-11;1-2;/h4-7,9H,8H2,1-3H3;1-2H3;/q-1;;. The summed E-state index contributed by atoms with van der Waals surface area (Å²) in [5.74, 6) is 1.48. The molecular weight excluding hydrogens is 275 g/mol. The van der Waals surface area contributed by atoms with Gasteiger partial charge in [0.2, 0.25) is 0 Å². The first-order valence-corrected chi connectivity index (χ1v) is 5.55. The smallest absolute Gasteiger partial charge is 0.119 e. The average Bonchev–Trinajstić information content (AvgIpc) is 2.30. The van der Waals surface area contributed by atoms with Crippen molar-refractivity contribution < 1.29 is 37.4 Å². The van der Waals surface area contributed by atoms with Gasteiger partial charge in [0.25, 0.3) is 0 Å². The van der Waals surface area contributed by atoms with E-state index in [0.29, 0.717) is 5.92 Å². The zero-order valence-electron chi connectivity index (χ0n) is 11.0. The minimum Gasteiger partial charge on any atom is -0.687 e. The average molecular weight is 297 g/mol. The molecule has 89 valence electrons. The van der Waals surface area contributed by atoms with Crippen molar-refractivity contribution in [3.05, 3.63) is 29.6 Å². The van der Waals surface area contributed by atoms with Gasteiger partial charge >= 0.3 is 0 Å². The maximum absolute atomic E-state index is 5.53. The number of ether oxygens (including phenoxy) is 1. The molecule has 0 saturated carbocycles. The Morgan fingerprint density at radius 2 is 1.62 bits per heavy atom. The Morgan fingerprint density at radius 1 is 1.12 bits per heavy atom. The molecule has 1 aromatic rings. The third kappa shape index (κ3) is 8.12. The molecule has 16 heavy (non-hydrogen) atoms. The van der Waals surface area contributed by atoms with E-state index in [1.165, 1.54) is 0 Å². The van der Waals surface area contributed by atoms with Crippen molar-refractivity contribution in [2.75, 3.05) is 13.7 Å². The first kappa shape index (κ1) is 18.3. The molecular formula is C13H22NOY-. The minimum atomic E-state index is 0. The summed E-state index contributed by atoms with van der Waals surface area (Å²) in [6.45, 7) is 9.04. The van der Waals surface area contributed by atoms with Crippen LogP contribution >= 0.6 is 0 Å². The van der Waals surface area contributed by atoms with Gasteiger partial charge in [-0.15, -0.1) is 12.7 Å². The fourth-order valence-corrected chi connectivity index (χ4v) is 0.954. The van der Waals surface area contributed by atoms with E-state index in [2.05, 4.69) is 19.2 Å². The van der Waals surface area contributed by atoms with Gasteiger partial charge in [0.15, 0.2) is 0 Å². The van der Waals surface area contributed by atoms with Crippen LogP contribution in [0.3, 0.4) is 0 Å². The summed E-state index contributed by atoms with van der Waals surface area (Å²) < 4.78 is 5.53. The maximum Gasteiger partial charge on any atom is 0.119 e. The van der Waals surface area contributed by atoms with E-state index in [1.54, 1.807) is 7.05 Å². The zero-order valence-corrected chi connectivity index (χ0v) is 13.9. The molecule has 0 aliphatic rings. The first-order chi connectivity index (χ1) is 7.22. The fourth-order valence-electron chi connectivity index (χ4n) is 0.954. The number of hydrogen-bond donors (Lipinski definition) is 0. The largest absolute Gasteiger partial charge is 0.687 e. The molecule has 0 aliphatic heterocycles. The molecule has 0 N–H and O–H groups in total. The first-order valence-electron chi connectivity index (χ1n) is 5.55. The quantitative estimate of drug-likeness (QED) is 0.809. The second-order valence-corrected chi connectivity index (χ2v) is 3.42. The van der Waals surface area contributed by atoms with Crippen molar-refractivity contribution in [3.63, 3.8) is 0 Å². The second-order valence-electron chi connectivity index (χ2n) is 3.42. The Bertz CT molecular complexity index is 247.